The third-order valence-corrected chi connectivity index (χ3v) is 4.44. The summed E-state index contributed by atoms with van der Waals surface area (Å²) in [7, 11) is 1.56. The van der Waals surface area contributed by atoms with Crippen molar-refractivity contribution >= 4 is 0 Å². The van der Waals surface area contributed by atoms with Gasteiger partial charge in [0, 0.05) is 13.7 Å². The van der Waals surface area contributed by atoms with Crippen LogP contribution in [0, 0.1) is 0 Å². The molecule has 23 heavy (non-hydrogen) atoms. The van der Waals surface area contributed by atoms with E-state index >= 15 is 0 Å². The van der Waals surface area contributed by atoms with E-state index in [2.05, 4.69) is 19.2 Å². The fourth-order valence-corrected chi connectivity index (χ4v) is 2.91. The first-order valence-electron chi connectivity index (χ1n) is 9.76. The molecule has 0 heterocycles. The number of methoxy groups -OCH3 is 1. The quantitative estimate of drug-likeness (QED) is 0.356. The molecule has 0 rings (SSSR count). The van der Waals surface area contributed by atoms with E-state index in [0.717, 1.165) is 32.2 Å². The summed E-state index contributed by atoms with van der Waals surface area (Å²) in [6.45, 7) is 5.79. The van der Waals surface area contributed by atoms with Gasteiger partial charge in [-0.05, 0) is 19.4 Å². The van der Waals surface area contributed by atoms with Gasteiger partial charge in [-0.2, -0.15) is 0 Å². The van der Waals surface area contributed by atoms with Crippen LogP contribution >= 0.6 is 0 Å². The molecule has 0 fully saturated rings. The number of hydrogen-bond acceptors (Lipinski definition) is 4. The van der Waals surface area contributed by atoms with Gasteiger partial charge in [0.25, 0.3) is 0 Å². The summed E-state index contributed by atoms with van der Waals surface area (Å²) in [5.41, 5.74) is 0. The summed E-state index contributed by atoms with van der Waals surface area (Å²) >= 11 is 0. The van der Waals surface area contributed by atoms with Crippen LogP contribution in [0.3, 0.4) is 0 Å². The highest BCUT2D eigenvalue weighted by Gasteiger charge is 2.26. The number of rotatable bonds is 17. The van der Waals surface area contributed by atoms with Gasteiger partial charge < -0.3 is 20.3 Å². The molecule has 0 radical (unpaired) electrons. The monoisotopic (exact) mass is 331 g/mol. The van der Waals surface area contributed by atoms with Gasteiger partial charge in [-0.25, -0.2) is 0 Å². The molecule has 0 aromatic heterocycles. The molecule has 0 saturated carbocycles. The van der Waals surface area contributed by atoms with Crippen molar-refractivity contribution in [2.24, 2.45) is 0 Å². The Morgan fingerprint density at radius 3 is 1.96 bits per heavy atom. The Bertz CT molecular complexity index is 239. The first-order valence-corrected chi connectivity index (χ1v) is 9.76. The van der Waals surface area contributed by atoms with E-state index in [1.165, 1.54) is 38.5 Å². The lowest BCUT2D eigenvalue weighted by Gasteiger charge is -2.26. The van der Waals surface area contributed by atoms with Crippen molar-refractivity contribution in [3.05, 3.63) is 0 Å². The first kappa shape index (κ1) is 22.8. The molecule has 1 unspecified atom stereocenters. The minimum atomic E-state index is -0.652. The summed E-state index contributed by atoms with van der Waals surface area (Å²) in [4.78, 5) is 0. The summed E-state index contributed by atoms with van der Waals surface area (Å²) in [6, 6.07) is 0. The van der Waals surface area contributed by atoms with Gasteiger partial charge in [0.1, 0.15) is 6.10 Å². The number of unbranched alkanes of at least 4 members (excludes halogenated alkanes) is 8. The molecule has 0 aromatic carbocycles. The molecular formula is C19H41NO3. The van der Waals surface area contributed by atoms with Crippen LogP contribution in [0.5, 0.6) is 0 Å². The summed E-state index contributed by atoms with van der Waals surface area (Å²) in [6.07, 6.45) is 11.2. The lowest BCUT2D eigenvalue weighted by atomic mass is 10.0. The molecule has 0 aliphatic rings. The number of hydrogen-bond donors (Lipinski definition) is 3. The van der Waals surface area contributed by atoms with Crippen molar-refractivity contribution in [1.82, 2.24) is 5.32 Å². The van der Waals surface area contributed by atoms with Crippen molar-refractivity contribution in [2.75, 3.05) is 20.2 Å². The third-order valence-electron chi connectivity index (χ3n) is 4.44. The van der Waals surface area contributed by atoms with Gasteiger partial charge >= 0.3 is 0 Å². The molecule has 0 amide bonds. The average Bonchev–Trinajstić information content (AvgIpc) is 2.54. The van der Waals surface area contributed by atoms with Crippen molar-refractivity contribution in [2.45, 2.75) is 103 Å². The van der Waals surface area contributed by atoms with Crippen LogP contribution < -0.4 is 5.32 Å². The van der Waals surface area contributed by atoms with Gasteiger partial charge in [0.05, 0.1) is 12.2 Å². The Morgan fingerprint density at radius 1 is 0.783 bits per heavy atom. The fraction of sp³-hybridized carbons (Fsp3) is 1.00. The van der Waals surface area contributed by atoms with Crippen molar-refractivity contribution in [1.29, 1.82) is 0 Å². The molecule has 0 aromatic rings. The van der Waals surface area contributed by atoms with Crippen LogP contribution in [0.15, 0.2) is 0 Å². The maximum Gasteiger partial charge on any atom is 0.110 e. The zero-order chi connectivity index (χ0) is 17.3. The molecule has 3 N–H and O–H groups in total. The van der Waals surface area contributed by atoms with Gasteiger partial charge in [0.15, 0.2) is 0 Å². The highest BCUT2D eigenvalue weighted by atomic mass is 16.5. The summed E-state index contributed by atoms with van der Waals surface area (Å²) in [5.74, 6) is 0. The zero-order valence-electron chi connectivity index (χ0n) is 15.7. The molecule has 4 heteroatoms. The number of nitrogens with one attached hydrogen (secondary N) is 1. The Hall–Kier alpha value is -0.160. The maximum atomic E-state index is 10.2. The lowest BCUT2D eigenvalue weighted by Crippen LogP contribution is -2.44. The van der Waals surface area contributed by atoms with Crippen molar-refractivity contribution < 1.29 is 14.9 Å². The van der Waals surface area contributed by atoms with Crippen molar-refractivity contribution in [3.8, 4) is 0 Å². The Labute approximate surface area is 144 Å². The molecule has 3 atom stereocenters. The van der Waals surface area contributed by atoms with Gasteiger partial charge in [-0.1, -0.05) is 71.6 Å². The minimum Gasteiger partial charge on any atom is -0.390 e. The van der Waals surface area contributed by atoms with E-state index in [4.69, 9.17) is 4.74 Å². The van der Waals surface area contributed by atoms with E-state index < -0.39 is 18.3 Å². The second-order valence-corrected chi connectivity index (χ2v) is 6.66. The van der Waals surface area contributed by atoms with Gasteiger partial charge in [-0.15, -0.1) is 0 Å². The number of ether oxygens (including phenoxy) is 1. The Balaban J connectivity index is 3.66. The third kappa shape index (κ3) is 12.9. The zero-order valence-corrected chi connectivity index (χ0v) is 15.7. The molecular weight excluding hydrogens is 290 g/mol. The SMILES string of the molecule is CCCCCCCCCNCC(O)[C@@H](OC)[C@H](O)CCCCC. The smallest absolute Gasteiger partial charge is 0.110 e. The van der Waals surface area contributed by atoms with Crippen LogP contribution in [0.1, 0.15) is 84.5 Å². The van der Waals surface area contributed by atoms with E-state index in [9.17, 15) is 10.2 Å². The minimum absolute atomic E-state index is 0.485. The van der Waals surface area contributed by atoms with Crippen LogP contribution in [0.2, 0.25) is 0 Å². The molecule has 0 saturated heterocycles. The van der Waals surface area contributed by atoms with E-state index in [1.54, 1.807) is 7.11 Å². The molecule has 0 aliphatic carbocycles. The van der Waals surface area contributed by atoms with Gasteiger partial charge in [0.2, 0.25) is 0 Å². The highest BCUT2D eigenvalue weighted by molar-refractivity contribution is 4.78. The second-order valence-electron chi connectivity index (χ2n) is 6.66. The normalized spacial score (nSPS) is 15.5. The summed E-state index contributed by atoms with van der Waals surface area (Å²) < 4.78 is 5.30. The van der Waals surface area contributed by atoms with Gasteiger partial charge in [-0.3, -0.25) is 0 Å². The molecule has 4 nitrogen and oxygen atoms in total. The Morgan fingerprint density at radius 2 is 1.35 bits per heavy atom. The highest BCUT2D eigenvalue weighted by Crippen LogP contribution is 2.12. The van der Waals surface area contributed by atoms with E-state index in [-0.39, 0.29) is 0 Å². The standard InChI is InChI=1S/C19H41NO3/c1-4-6-8-9-10-11-13-15-20-16-18(22)19(23-3)17(21)14-12-7-5-2/h17-22H,4-16H2,1-3H3/t17-,18?,19+/m1/s1. The Kier molecular flexibility index (Phi) is 16.6. The molecule has 0 bridgehead atoms. The number of aliphatic hydroxyl groups is 2. The van der Waals surface area contributed by atoms with E-state index in [0.29, 0.717) is 13.0 Å². The van der Waals surface area contributed by atoms with Crippen LogP contribution in [0.4, 0.5) is 0 Å². The molecule has 0 spiro atoms. The fourth-order valence-electron chi connectivity index (χ4n) is 2.91. The molecule has 0 aliphatic heterocycles. The van der Waals surface area contributed by atoms with E-state index in [1.807, 2.05) is 0 Å². The summed E-state index contributed by atoms with van der Waals surface area (Å²) in [5, 5.41) is 23.6. The van der Waals surface area contributed by atoms with Crippen LogP contribution in [0.25, 0.3) is 0 Å². The van der Waals surface area contributed by atoms with Crippen LogP contribution in [-0.4, -0.2) is 48.7 Å². The largest absolute Gasteiger partial charge is 0.390 e. The number of aliphatic hydroxyl groups excluding tert-OH is 2. The average molecular weight is 332 g/mol. The lowest BCUT2D eigenvalue weighted by molar-refractivity contribution is -0.0828. The second kappa shape index (κ2) is 16.7. The maximum absolute atomic E-state index is 10.2. The molecule has 140 valence electrons. The van der Waals surface area contributed by atoms with Crippen LogP contribution in [-0.2, 0) is 4.74 Å². The first-order chi connectivity index (χ1) is 11.2. The predicted octanol–water partition coefficient (Wildman–Crippen LogP) is 3.64. The predicted molar refractivity (Wildman–Crippen MR) is 97.8 cm³/mol. The van der Waals surface area contributed by atoms with Crippen molar-refractivity contribution in [3.63, 3.8) is 0 Å². The topological polar surface area (TPSA) is 61.7 Å².